The van der Waals surface area contributed by atoms with Gasteiger partial charge in [0, 0.05) is 11.8 Å². The van der Waals surface area contributed by atoms with Gasteiger partial charge in [0.2, 0.25) is 6.10 Å². The molecule has 1 atom stereocenters. The summed E-state index contributed by atoms with van der Waals surface area (Å²) in [5, 5.41) is 0. The zero-order valence-corrected chi connectivity index (χ0v) is 11.0. The molecule has 0 aliphatic heterocycles. The van der Waals surface area contributed by atoms with Crippen LogP contribution >= 0.6 is 0 Å². The third-order valence-electron chi connectivity index (χ3n) is 2.55. The third kappa shape index (κ3) is 4.20. The molecule has 1 aromatic heterocycles. The van der Waals surface area contributed by atoms with Gasteiger partial charge in [-0.2, -0.15) is 0 Å². The number of primary amides is 1. The molecule has 4 N–H and O–H groups in total. The second-order valence-electron chi connectivity index (χ2n) is 4.06. The number of amides is 2. The molecule has 108 valence electrons. The van der Waals surface area contributed by atoms with Crippen molar-refractivity contribution in [1.82, 2.24) is 10.4 Å². The molecule has 0 aliphatic carbocycles. The molecule has 2 rings (SSSR count). The fourth-order valence-corrected chi connectivity index (χ4v) is 1.64. The molecule has 0 aliphatic rings. The summed E-state index contributed by atoms with van der Waals surface area (Å²) >= 11 is 0. The first kappa shape index (κ1) is 14.3. The minimum absolute atomic E-state index is 0.455. The van der Waals surface area contributed by atoms with Crippen LogP contribution in [-0.4, -0.2) is 17.0 Å². The average Bonchev–Trinajstić information content (AvgIpc) is 2.52. The van der Waals surface area contributed by atoms with Gasteiger partial charge in [-0.3, -0.25) is 15.6 Å². The number of carbonyl (C=O) groups excluding carboxylic acids is 2. The SMILES string of the molecule is NC(=O)OC(C(=O)NNc1ccccn1)c1ccccc1. The minimum Gasteiger partial charge on any atom is -0.431 e. The first-order valence-corrected chi connectivity index (χ1v) is 6.15. The zero-order chi connectivity index (χ0) is 15.1. The molecule has 0 bridgehead atoms. The van der Waals surface area contributed by atoms with Crippen molar-refractivity contribution >= 4 is 17.8 Å². The van der Waals surface area contributed by atoms with E-state index in [9.17, 15) is 9.59 Å². The van der Waals surface area contributed by atoms with Crippen LogP contribution in [0.3, 0.4) is 0 Å². The van der Waals surface area contributed by atoms with Crippen LogP contribution in [0.2, 0.25) is 0 Å². The smallest absolute Gasteiger partial charge is 0.405 e. The normalized spacial score (nSPS) is 11.2. The molecule has 7 heteroatoms. The maximum Gasteiger partial charge on any atom is 0.405 e. The molecule has 0 saturated carbocycles. The Bertz CT molecular complexity index is 604. The number of anilines is 1. The predicted molar refractivity (Wildman–Crippen MR) is 75.9 cm³/mol. The molecular weight excluding hydrogens is 272 g/mol. The molecular formula is C14H14N4O3. The summed E-state index contributed by atoms with van der Waals surface area (Å²) in [6, 6.07) is 13.7. The maximum absolute atomic E-state index is 12.1. The van der Waals surface area contributed by atoms with Crippen molar-refractivity contribution in [2.24, 2.45) is 5.73 Å². The summed E-state index contributed by atoms with van der Waals surface area (Å²) in [4.78, 5) is 27.1. The van der Waals surface area contributed by atoms with Gasteiger partial charge < -0.3 is 10.5 Å². The maximum atomic E-state index is 12.1. The number of carbonyl (C=O) groups is 2. The number of ether oxygens (including phenoxy) is 1. The van der Waals surface area contributed by atoms with E-state index in [1.165, 1.54) is 0 Å². The van der Waals surface area contributed by atoms with Crippen molar-refractivity contribution in [2.75, 3.05) is 5.43 Å². The number of hydrogen-bond donors (Lipinski definition) is 3. The molecule has 1 unspecified atom stereocenters. The van der Waals surface area contributed by atoms with Crippen molar-refractivity contribution in [3.8, 4) is 0 Å². The lowest BCUT2D eigenvalue weighted by atomic mass is 10.1. The highest BCUT2D eigenvalue weighted by Gasteiger charge is 2.23. The molecule has 2 amide bonds. The van der Waals surface area contributed by atoms with Crippen LogP contribution in [0.5, 0.6) is 0 Å². The molecule has 2 aromatic rings. The average molecular weight is 286 g/mol. The highest BCUT2D eigenvalue weighted by atomic mass is 16.6. The number of hydrogen-bond acceptors (Lipinski definition) is 5. The van der Waals surface area contributed by atoms with Crippen LogP contribution in [0, 0.1) is 0 Å². The first-order chi connectivity index (χ1) is 10.2. The van der Waals surface area contributed by atoms with Gasteiger partial charge in [-0.25, -0.2) is 9.78 Å². The van der Waals surface area contributed by atoms with E-state index in [1.54, 1.807) is 54.7 Å². The van der Waals surface area contributed by atoms with Crippen molar-refractivity contribution < 1.29 is 14.3 Å². The Kier molecular flexibility index (Phi) is 4.70. The van der Waals surface area contributed by atoms with E-state index in [-0.39, 0.29) is 0 Å². The van der Waals surface area contributed by atoms with E-state index < -0.39 is 18.1 Å². The van der Waals surface area contributed by atoms with Crippen LogP contribution < -0.4 is 16.6 Å². The zero-order valence-electron chi connectivity index (χ0n) is 11.0. The van der Waals surface area contributed by atoms with Crippen molar-refractivity contribution in [3.63, 3.8) is 0 Å². The Balaban J connectivity index is 2.06. The number of nitrogens with two attached hydrogens (primary N) is 1. The number of hydrazine groups is 1. The molecule has 0 saturated heterocycles. The number of nitrogens with one attached hydrogen (secondary N) is 2. The van der Waals surface area contributed by atoms with Crippen LogP contribution in [0.4, 0.5) is 10.6 Å². The Morgan fingerprint density at radius 3 is 2.43 bits per heavy atom. The second-order valence-corrected chi connectivity index (χ2v) is 4.06. The number of benzene rings is 1. The lowest BCUT2D eigenvalue weighted by Gasteiger charge is -2.17. The number of nitrogens with zero attached hydrogens (tertiary/aromatic N) is 1. The Morgan fingerprint density at radius 1 is 1.10 bits per heavy atom. The fourth-order valence-electron chi connectivity index (χ4n) is 1.64. The standard InChI is InChI=1S/C14H14N4O3/c15-14(20)21-12(10-6-2-1-3-7-10)13(19)18-17-11-8-4-5-9-16-11/h1-9,12H,(H2,15,20)(H,16,17)(H,18,19). The Hall–Kier alpha value is -3.09. The molecule has 21 heavy (non-hydrogen) atoms. The van der Waals surface area contributed by atoms with Gasteiger partial charge in [-0.15, -0.1) is 0 Å². The van der Waals surface area contributed by atoms with Gasteiger partial charge in [0.1, 0.15) is 5.82 Å². The molecule has 0 spiro atoms. The van der Waals surface area contributed by atoms with Gasteiger partial charge >= 0.3 is 6.09 Å². The summed E-state index contributed by atoms with van der Waals surface area (Å²) in [5.74, 6) is -0.109. The van der Waals surface area contributed by atoms with Gasteiger partial charge in [-0.1, -0.05) is 36.4 Å². The summed E-state index contributed by atoms with van der Waals surface area (Å²) < 4.78 is 4.85. The quantitative estimate of drug-likeness (QED) is 0.719. The van der Waals surface area contributed by atoms with Crippen molar-refractivity contribution in [1.29, 1.82) is 0 Å². The van der Waals surface area contributed by atoms with Crippen molar-refractivity contribution in [2.45, 2.75) is 6.10 Å². The van der Waals surface area contributed by atoms with Crippen LogP contribution in [0.15, 0.2) is 54.7 Å². The van der Waals surface area contributed by atoms with E-state index in [4.69, 9.17) is 10.5 Å². The largest absolute Gasteiger partial charge is 0.431 e. The third-order valence-corrected chi connectivity index (χ3v) is 2.55. The van der Waals surface area contributed by atoms with E-state index in [2.05, 4.69) is 15.8 Å². The predicted octanol–water partition coefficient (Wildman–Crippen LogP) is 1.36. The van der Waals surface area contributed by atoms with E-state index in [0.29, 0.717) is 11.4 Å². The Morgan fingerprint density at radius 2 is 1.81 bits per heavy atom. The Labute approximate surface area is 121 Å². The minimum atomic E-state index is -1.14. The van der Waals surface area contributed by atoms with Gasteiger partial charge in [-0.05, 0) is 12.1 Å². The molecule has 0 fully saturated rings. The summed E-state index contributed by atoms with van der Waals surface area (Å²) in [6.45, 7) is 0. The van der Waals surface area contributed by atoms with Crippen molar-refractivity contribution in [3.05, 3.63) is 60.3 Å². The van der Waals surface area contributed by atoms with E-state index in [1.807, 2.05) is 0 Å². The number of aromatic nitrogens is 1. The molecule has 1 heterocycles. The molecule has 7 nitrogen and oxygen atoms in total. The second kappa shape index (κ2) is 6.90. The highest BCUT2D eigenvalue weighted by molar-refractivity contribution is 5.85. The van der Waals surface area contributed by atoms with E-state index in [0.717, 1.165) is 0 Å². The summed E-state index contributed by atoms with van der Waals surface area (Å²) in [5.41, 5.74) is 10.6. The first-order valence-electron chi connectivity index (χ1n) is 6.15. The topological polar surface area (TPSA) is 106 Å². The van der Waals surface area contributed by atoms with E-state index >= 15 is 0 Å². The lowest BCUT2D eigenvalue weighted by Crippen LogP contribution is -2.37. The fraction of sp³-hybridized carbons (Fsp3) is 0.0714. The van der Waals surface area contributed by atoms with Crippen LogP contribution in [0.25, 0.3) is 0 Å². The highest BCUT2D eigenvalue weighted by Crippen LogP contribution is 2.17. The van der Waals surface area contributed by atoms with Gasteiger partial charge in [0.25, 0.3) is 5.91 Å². The lowest BCUT2D eigenvalue weighted by molar-refractivity contribution is -0.129. The molecule has 1 aromatic carbocycles. The monoisotopic (exact) mass is 286 g/mol. The number of rotatable bonds is 5. The van der Waals surface area contributed by atoms with Crippen LogP contribution in [0.1, 0.15) is 11.7 Å². The molecule has 0 radical (unpaired) electrons. The summed E-state index contributed by atoms with van der Waals surface area (Å²) in [7, 11) is 0. The summed E-state index contributed by atoms with van der Waals surface area (Å²) in [6.07, 6.45) is -0.597. The van der Waals surface area contributed by atoms with Gasteiger partial charge in [0.15, 0.2) is 0 Å². The van der Waals surface area contributed by atoms with Crippen LogP contribution in [-0.2, 0) is 9.53 Å². The number of pyridine rings is 1. The van der Waals surface area contributed by atoms with Gasteiger partial charge in [0.05, 0.1) is 0 Å².